The first-order valence-electron chi connectivity index (χ1n) is 9.05. The number of carbonyl (C=O) groups excluding carboxylic acids is 1. The molecule has 3 rings (SSSR count). The zero-order valence-corrected chi connectivity index (χ0v) is 16.5. The Bertz CT molecular complexity index is 879. The fraction of sp³-hybridized carbons (Fsp3) is 0.350. The van der Waals surface area contributed by atoms with Gasteiger partial charge in [0.2, 0.25) is 10.0 Å². The fourth-order valence-electron chi connectivity index (χ4n) is 3.08. The lowest BCUT2D eigenvalue weighted by atomic mass is 10.1. The molecule has 150 valence electrons. The number of nitrogens with one attached hydrogen (secondary N) is 1. The van der Waals surface area contributed by atoms with E-state index in [1.54, 1.807) is 0 Å². The Hall–Kier alpha value is -2.26. The standard InChI is InChI=1S/C20H24N2O5S/c1-26-20(23)17-7-9-18(10-8-17)28(24,25)21-19(16-5-3-2-4-6-16)15-22-11-13-27-14-12-22/h2-10,19,21H,11-15H2,1H3. The molecule has 1 fully saturated rings. The summed E-state index contributed by atoms with van der Waals surface area (Å²) in [7, 11) is -2.49. The molecule has 1 aliphatic heterocycles. The van der Waals surface area contributed by atoms with E-state index in [2.05, 4.69) is 14.4 Å². The van der Waals surface area contributed by atoms with E-state index in [9.17, 15) is 13.2 Å². The topological polar surface area (TPSA) is 84.9 Å². The SMILES string of the molecule is COC(=O)c1ccc(S(=O)(=O)NC(CN2CCOCC2)c2ccccc2)cc1. The van der Waals surface area contributed by atoms with Gasteiger partial charge in [-0.25, -0.2) is 17.9 Å². The van der Waals surface area contributed by atoms with Gasteiger partial charge in [0.25, 0.3) is 0 Å². The lowest BCUT2D eigenvalue weighted by Gasteiger charge is -2.31. The van der Waals surface area contributed by atoms with Crippen molar-refractivity contribution in [2.75, 3.05) is 40.0 Å². The highest BCUT2D eigenvalue weighted by atomic mass is 32.2. The zero-order valence-electron chi connectivity index (χ0n) is 15.7. The Morgan fingerprint density at radius 1 is 1.11 bits per heavy atom. The van der Waals surface area contributed by atoms with Crippen LogP contribution < -0.4 is 4.72 Å². The molecular formula is C20H24N2O5S. The van der Waals surface area contributed by atoms with E-state index < -0.39 is 22.0 Å². The number of sulfonamides is 1. The van der Waals surface area contributed by atoms with Crippen LogP contribution >= 0.6 is 0 Å². The van der Waals surface area contributed by atoms with Crippen LogP contribution in [0.2, 0.25) is 0 Å². The quantitative estimate of drug-likeness (QED) is 0.709. The van der Waals surface area contributed by atoms with Gasteiger partial charge in [-0.1, -0.05) is 30.3 Å². The third-order valence-electron chi connectivity index (χ3n) is 4.63. The van der Waals surface area contributed by atoms with Crippen molar-refractivity contribution in [1.29, 1.82) is 0 Å². The van der Waals surface area contributed by atoms with E-state index in [1.165, 1.54) is 31.4 Å². The molecule has 1 atom stereocenters. The molecule has 0 aliphatic carbocycles. The van der Waals surface area contributed by atoms with Gasteiger partial charge in [0.05, 0.1) is 36.8 Å². The molecular weight excluding hydrogens is 380 g/mol. The maximum Gasteiger partial charge on any atom is 0.337 e. The molecule has 1 unspecified atom stereocenters. The van der Waals surface area contributed by atoms with Crippen LogP contribution in [0.25, 0.3) is 0 Å². The maximum absolute atomic E-state index is 12.9. The van der Waals surface area contributed by atoms with Crippen molar-refractivity contribution in [3.8, 4) is 0 Å². The number of hydrogen-bond acceptors (Lipinski definition) is 6. The summed E-state index contributed by atoms with van der Waals surface area (Å²) in [5, 5.41) is 0. The van der Waals surface area contributed by atoms with Gasteiger partial charge in [-0.2, -0.15) is 0 Å². The number of rotatable bonds is 7. The molecule has 0 saturated carbocycles. The maximum atomic E-state index is 12.9. The van der Waals surface area contributed by atoms with Crippen molar-refractivity contribution in [2.24, 2.45) is 0 Å². The Morgan fingerprint density at radius 3 is 2.36 bits per heavy atom. The van der Waals surface area contributed by atoms with Crippen LogP contribution in [0.5, 0.6) is 0 Å². The monoisotopic (exact) mass is 404 g/mol. The first-order chi connectivity index (χ1) is 13.5. The molecule has 1 N–H and O–H groups in total. The molecule has 0 bridgehead atoms. The van der Waals surface area contributed by atoms with E-state index >= 15 is 0 Å². The number of ether oxygens (including phenoxy) is 2. The first-order valence-corrected chi connectivity index (χ1v) is 10.5. The second kappa shape index (κ2) is 9.29. The van der Waals surface area contributed by atoms with Gasteiger partial charge < -0.3 is 9.47 Å². The second-order valence-electron chi connectivity index (χ2n) is 6.51. The summed E-state index contributed by atoms with van der Waals surface area (Å²) >= 11 is 0. The Morgan fingerprint density at radius 2 is 1.75 bits per heavy atom. The normalized spacial score (nSPS) is 16.5. The summed E-state index contributed by atoms with van der Waals surface area (Å²) in [5.74, 6) is -0.508. The van der Waals surface area contributed by atoms with Crippen molar-refractivity contribution < 1.29 is 22.7 Å². The Labute approximate surface area is 165 Å². The Kier molecular flexibility index (Phi) is 6.79. The molecule has 1 heterocycles. The van der Waals surface area contributed by atoms with E-state index in [4.69, 9.17) is 4.74 Å². The number of morpholine rings is 1. The first kappa shape index (κ1) is 20.5. The molecule has 0 amide bonds. The highest BCUT2D eigenvalue weighted by molar-refractivity contribution is 7.89. The highest BCUT2D eigenvalue weighted by Gasteiger charge is 2.24. The number of benzene rings is 2. The zero-order chi connectivity index (χ0) is 20.0. The molecule has 0 aromatic heterocycles. The van der Waals surface area contributed by atoms with Crippen molar-refractivity contribution in [2.45, 2.75) is 10.9 Å². The largest absolute Gasteiger partial charge is 0.465 e. The summed E-state index contributed by atoms with van der Waals surface area (Å²) < 4.78 is 38.7. The molecule has 2 aromatic carbocycles. The van der Waals surface area contributed by atoms with Gasteiger partial charge >= 0.3 is 5.97 Å². The minimum atomic E-state index is -3.77. The highest BCUT2D eigenvalue weighted by Crippen LogP contribution is 2.20. The second-order valence-corrected chi connectivity index (χ2v) is 8.23. The van der Waals surface area contributed by atoms with Crippen molar-refractivity contribution in [3.05, 3.63) is 65.7 Å². The van der Waals surface area contributed by atoms with Crippen molar-refractivity contribution >= 4 is 16.0 Å². The van der Waals surface area contributed by atoms with Gasteiger partial charge in [-0.3, -0.25) is 4.90 Å². The number of carbonyl (C=O) groups is 1. The molecule has 8 heteroatoms. The van der Waals surface area contributed by atoms with Crippen LogP contribution in [0.15, 0.2) is 59.5 Å². The summed E-state index contributed by atoms with van der Waals surface area (Å²) in [6, 6.07) is 14.8. The number of hydrogen-bond donors (Lipinski definition) is 1. The van der Waals surface area contributed by atoms with Crippen LogP contribution in [0, 0.1) is 0 Å². The van der Waals surface area contributed by atoms with Crippen molar-refractivity contribution in [3.63, 3.8) is 0 Å². The van der Waals surface area contributed by atoms with Gasteiger partial charge in [0.1, 0.15) is 0 Å². The van der Waals surface area contributed by atoms with Crippen molar-refractivity contribution in [1.82, 2.24) is 9.62 Å². The van der Waals surface area contributed by atoms with Crippen LogP contribution in [-0.4, -0.2) is 59.2 Å². The molecule has 1 aliphatic rings. The number of esters is 1. The third-order valence-corrected chi connectivity index (χ3v) is 6.12. The van der Waals surface area contributed by atoms with Gasteiger partial charge in [-0.05, 0) is 29.8 Å². The van der Waals surface area contributed by atoms with E-state index in [1.807, 2.05) is 30.3 Å². The number of nitrogens with zero attached hydrogens (tertiary/aromatic N) is 1. The van der Waals surface area contributed by atoms with Crippen LogP contribution in [0.1, 0.15) is 22.0 Å². The summed E-state index contributed by atoms with van der Waals surface area (Å²) in [6.45, 7) is 3.36. The fourth-order valence-corrected chi connectivity index (χ4v) is 4.30. The molecule has 1 saturated heterocycles. The van der Waals surface area contributed by atoms with Crippen LogP contribution in [0.4, 0.5) is 0 Å². The van der Waals surface area contributed by atoms with E-state index in [0.29, 0.717) is 25.3 Å². The molecule has 7 nitrogen and oxygen atoms in total. The predicted molar refractivity (Wildman–Crippen MR) is 105 cm³/mol. The Balaban J connectivity index is 1.81. The third kappa shape index (κ3) is 5.17. The molecule has 28 heavy (non-hydrogen) atoms. The van der Waals surface area contributed by atoms with Crippen LogP contribution in [-0.2, 0) is 19.5 Å². The van der Waals surface area contributed by atoms with E-state index in [0.717, 1.165) is 18.7 Å². The molecule has 0 spiro atoms. The van der Waals surface area contributed by atoms with Gasteiger partial charge in [-0.15, -0.1) is 0 Å². The lowest BCUT2D eigenvalue weighted by Crippen LogP contribution is -2.43. The average Bonchev–Trinajstić information content (AvgIpc) is 2.74. The smallest absolute Gasteiger partial charge is 0.337 e. The van der Waals surface area contributed by atoms with Crippen LogP contribution in [0.3, 0.4) is 0 Å². The minimum absolute atomic E-state index is 0.100. The molecule has 2 aromatic rings. The summed E-state index contributed by atoms with van der Waals surface area (Å²) in [4.78, 5) is 13.8. The molecule has 0 radical (unpaired) electrons. The summed E-state index contributed by atoms with van der Waals surface area (Å²) in [5.41, 5.74) is 1.19. The average molecular weight is 404 g/mol. The van der Waals surface area contributed by atoms with E-state index in [-0.39, 0.29) is 4.90 Å². The lowest BCUT2D eigenvalue weighted by molar-refractivity contribution is 0.0345. The minimum Gasteiger partial charge on any atom is -0.465 e. The predicted octanol–water partition coefficient (Wildman–Crippen LogP) is 1.82. The van der Waals surface area contributed by atoms with Gasteiger partial charge in [0.15, 0.2) is 0 Å². The summed E-state index contributed by atoms with van der Waals surface area (Å²) in [6.07, 6.45) is 0. The number of methoxy groups -OCH3 is 1. The van der Waals surface area contributed by atoms with Gasteiger partial charge in [0, 0.05) is 19.6 Å².